The summed E-state index contributed by atoms with van der Waals surface area (Å²) >= 11 is 0. The Balaban J connectivity index is 1.54. The molecule has 5 heteroatoms. The van der Waals surface area contributed by atoms with E-state index in [1.54, 1.807) is 6.20 Å². The number of hydrogen-bond acceptors (Lipinski definition) is 4. The fraction of sp³-hybridized carbons (Fsp3) is 0.429. The first-order chi connectivity index (χ1) is 12.6. The number of aromatic nitrogens is 1. The number of benzene rings is 1. The Labute approximate surface area is 154 Å². The second-order valence-corrected chi connectivity index (χ2v) is 6.75. The van der Waals surface area contributed by atoms with E-state index in [0.29, 0.717) is 38.1 Å². The van der Waals surface area contributed by atoms with Crippen LogP contribution in [-0.4, -0.2) is 46.2 Å². The van der Waals surface area contributed by atoms with Gasteiger partial charge in [0.25, 0.3) is 0 Å². The van der Waals surface area contributed by atoms with E-state index in [4.69, 9.17) is 4.74 Å². The molecule has 1 aromatic heterocycles. The molecule has 26 heavy (non-hydrogen) atoms. The minimum Gasteiger partial charge on any atom is -0.486 e. The van der Waals surface area contributed by atoms with E-state index in [1.807, 2.05) is 54.3 Å². The number of likely N-dealkylation sites (tertiary alicyclic amines) is 1. The van der Waals surface area contributed by atoms with Crippen molar-refractivity contribution in [2.75, 3.05) is 13.1 Å². The summed E-state index contributed by atoms with van der Waals surface area (Å²) in [5, 5.41) is 10.4. The number of nitrogens with zero attached hydrogens (tertiary/aromatic N) is 2. The molecule has 1 aliphatic rings. The van der Waals surface area contributed by atoms with Gasteiger partial charge in [0.15, 0.2) is 0 Å². The smallest absolute Gasteiger partial charge is 0.222 e. The number of aliphatic hydroxyl groups is 1. The largest absolute Gasteiger partial charge is 0.486 e. The monoisotopic (exact) mass is 354 g/mol. The van der Waals surface area contributed by atoms with Crippen molar-refractivity contribution in [3.05, 3.63) is 59.9 Å². The second kappa shape index (κ2) is 8.81. The molecule has 5 nitrogen and oxygen atoms in total. The average molecular weight is 354 g/mol. The lowest BCUT2D eigenvalue weighted by atomic mass is 10.1. The molecule has 2 heterocycles. The van der Waals surface area contributed by atoms with Gasteiger partial charge in [0.05, 0.1) is 11.8 Å². The molecule has 0 radical (unpaired) electrons. The quantitative estimate of drug-likeness (QED) is 0.897. The topological polar surface area (TPSA) is 62.7 Å². The van der Waals surface area contributed by atoms with Gasteiger partial charge in [-0.3, -0.25) is 9.78 Å². The number of aryl methyl sites for hydroxylation is 2. The molecule has 1 amide bonds. The maximum atomic E-state index is 12.5. The van der Waals surface area contributed by atoms with Crippen LogP contribution in [0.4, 0.5) is 0 Å². The van der Waals surface area contributed by atoms with Gasteiger partial charge in [0.2, 0.25) is 5.91 Å². The van der Waals surface area contributed by atoms with Crippen molar-refractivity contribution in [2.45, 2.75) is 44.8 Å². The zero-order chi connectivity index (χ0) is 18.4. The first-order valence-electron chi connectivity index (χ1n) is 9.21. The highest BCUT2D eigenvalue weighted by molar-refractivity contribution is 5.76. The lowest BCUT2D eigenvalue weighted by Gasteiger charge is -2.22. The van der Waals surface area contributed by atoms with Crippen LogP contribution in [0, 0.1) is 6.92 Å². The molecule has 0 saturated carbocycles. The minimum atomic E-state index is -0.582. The third-order valence-electron chi connectivity index (χ3n) is 4.87. The zero-order valence-corrected chi connectivity index (χ0v) is 15.2. The summed E-state index contributed by atoms with van der Waals surface area (Å²) in [4.78, 5) is 18.6. The van der Waals surface area contributed by atoms with Crippen molar-refractivity contribution in [1.82, 2.24) is 9.88 Å². The van der Waals surface area contributed by atoms with E-state index in [2.05, 4.69) is 4.98 Å². The first kappa shape index (κ1) is 18.4. The van der Waals surface area contributed by atoms with Crippen molar-refractivity contribution in [3.8, 4) is 5.75 Å². The summed E-state index contributed by atoms with van der Waals surface area (Å²) in [5.41, 5.74) is 1.98. The second-order valence-electron chi connectivity index (χ2n) is 6.75. The van der Waals surface area contributed by atoms with Gasteiger partial charge >= 0.3 is 0 Å². The van der Waals surface area contributed by atoms with Gasteiger partial charge in [-0.05, 0) is 37.5 Å². The number of aliphatic hydroxyl groups excluding tert-OH is 1. The summed E-state index contributed by atoms with van der Waals surface area (Å²) in [6.45, 7) is 3.06. The summed E-state index contributed by atoms with van der Waals surface area (Å²) < 4.78 is 5.99. The van der Waals surface area contributed by atoms with E-state index in [-0.39, 0.29) is 12.0 Å². The third-order valence-corrected chi connectivity index (χ3v) is 4.87. The van der Waals surface area contributed by atoms with Crippen LogP contribution in [0.2, 0.25) is 0 Å². The number of amides is 1. The molecule has 1 saturated heterocycles. The fourth-order valence-corrected chi connectivity index (χ4v) is 3.26. The maximum Gasteiger partial charge on any atom is 0.222 e. The van der Waals surface area contributed by atoms with Crippen LogP contribution in [0.25, 0.3) is 0 Å². The molecule has 0 aliphatic carbocycles. The Morgan fingerprint density at radius 3 is 2.73 bits per heavy atom. The van der Waals surface area contributed by atoms with Crippen molar-refractivity contribution in [3.63, 3.8) is 0 Å². The predicted molar refractivity (Wildman–Crippen MR) is 100.0 cm³/mol. The van der Waals surface area contributed by atoms with E-state index in [9.17, 15) is 9.90 Å². The Kier molecular flexibility index (Phi) is 6.23. The van der Waals surface area contributed by atoms with E-state index < -0.39 is 6.10 Å². The molecule has 1 aliphatic heterocycles. The standard InChI is InChI=1S/C21H26N2O3/c1-16-19(8-5-13-22-16)26-20-12-15-23(14-11-18(20)24)21(25)10-9-17-6-3-2-4-7-17/h2-8,13,18,20,24H,9-12,14-15H2,1H3/t18-,20-/m0/s1. The number of hydrogen-bond donors (Lipinski definition) is 1. The summed E-state index contributed by atoms with van der Waals surface area (Å²) in [6.07, 6.45) is 3.21. The number of pyridine rings is 1. The number of ether oxygens (including phenoxy) is 1. The van der Waals surface area contributed by atoms with Gasteiger partial charge in [-0.25, -0.2) is 0 Å². The molecule has 3 rings (SSSR count). The van der Waals surface area contributed by atoms with Gasteiger partial charge in [0, 0.05) is 32.1 Å². The van der Waals surface area contributed by atoms with Crippen molar-refractivity contribution < 1.29 is 14.6 Å². The Morgan fingerprint density at radius 1 is 1.19 bits per heavy atom. The Morgan fingerprint density at radius 2 is 1.96 bits per heavy atom. The molecular weight excluding hydrogens is 328 g/mol. The van der Waals surface area contributed by atoms with Crippen LogP contribution in [0.5, 0.6) is 5.75 Å². The fourth-order valence-electron chi connectivity index (χ4n) is 3.26. The van der Waals surface area contributed by atoms with Crippen LogP contribution >= 0.6 is 0 Å². The number of rotatable bonds is 5. The molecule has 0 unspecified atom stereocenters. The predicted octanol–water partition coefficient (Wildman–Crippen LogP) is 2.75. The van der Waals surface area contributed by atoms with Crippen molar-refractivity contribution in [2.24, 2.45) is 0 Å². The highest BCUT2D eigenvalue weighted by Gasteiger charge is 2.28. The Hall–Kier alpha value is -2.40. The van der Waals surface area contributed by atoms with Crippen LogP contribution in [0.1, 0.15) is 30.5 Å². The summed E-state index contributed by atoms with van der Waals surface area (Å²) in [5.74, 6) is 0.833. The highest BCUT2D eigenvalue weighted by Crippen LogP contribution is 2.22. The molecule has 138 valence electrons. The average Bonchev–Trinajstić information content (AvgIpc) is 2.84. The molecular formula is C21H26N2O3. The summed E-state index contributed by atoms with van der Waals surface area (Å²) in [7, 11) is 0. The SMILES string of the molecule is Cc1ncccc1O[C@H]1CCN(C(=O)CCc2ccccc2)CC[C@@H]1O. The zero-order valence-electron chi connectivity index (χ0n) is 15.2. The third kappa shape index (κ3) is 4.82. The molecule has 2 aromatic rings. The van der Waals surface area contributed by atoms with Gasteiger partial charge in [-0.2, -0.15) is 0 Å². The van der Waals surface area contributed by atoms with Crippen LogP contribution in [0.15, 0.2) is 48.7 Å². The van der Waals surface area contributed by atoms with E-state index in [0.717, 1.165) is 12.1 Å². The van der Waals surface area contributed by atoms with E-state index in [1.165, 1.54) is 5.56 Å². The lowest BCUT2D eigenvalue weighted by Crippen LogP contribution is -2.32. The van der Waals surface area contributed by atoms with Gasteiger partial charge < -0.3 is 14.7 Å². The summed E-state index contributed by atoms with van der Waals surface area (Å²) in [6, 6.07) is 13.7. The normalized spacial score (nSPS) is 20.5. The minimum absolute atomic E-state index is 0.138. The number of carbonyl (C=O) groups excluding carboxylic acids is 1. The maximum absolute atomic E-state index is 12.5. The van der Waals surface area contributed by atoms with Crippen molar-refractivity contribution in [1.29, 1.82) is 0 Å². The van der Waals surface area contributed by atoms with Crippen LogP contribution in [-0.2, 0) is 11.2 Å². The highest BCUT2D eigenvalue weighted by atomic mass is 16.5. The molecule has 1 fully saturated rings. The molecule has 0 bridgehead atoms. The van der Waals surface area contributed by atoms with Gasteiger partial charge in [0.1, 0.15) is 11.9 Å². The first-order valence-corrected chi connectivity index (χ1v) is 9.21. The van der Waals surface area contributed by atoms with Crippen LogP contribution < -0.4 is 4.74 Å². The molecule has 1 N–H and O–H groups in total. The van der Waals surface area contributed by atoms with Crippen LogP contribution in [0.3, 0.4) is 0 Å². The van der Waals surface area contributed by atoms with E-state index >= 15 is 0 Å². The molecule has 0 spiro atoms. The lowest BCUT2D eigenvalue weighted by molar-refractivity contribution is -0.131. The number of carbonyl (C=O) groups is 1. The Bertz CT molecular complexity index is 720. The van der Waals surface area contributed by atoms with Crippen molar-refractivity contribution >= 4 is 5.91 Å². The van der Waals surface area contributed by atoms with Gasteiger partial charge in [-0.15, -0.1) is 0 Å². The molecule has 2 atom stereocenters. The van der Waals surface area contributed by atoms with Gasteiger partial charge in [-0.1, -0.05) is 30.3 Å². The molecule has 1 aromatic carbocycles.